The maximum atomic E-state index is 14.2. The van der Waals surface area contributed by atoms with Crippen molar-refractivity contribution in [3.05, 3.63) is 57.7 Å². The first-order valence-corrected chi connectivity index (χ1v) is 14.2. The molecule has 1 aromatic carbocycles. The van der Waals surface area contributed by atoms with Gasteiger partial charge in [0.05, 0.1) is 11.2 Å². The lowest BCUT2D eigenvalue weighted by Crippen LogP contribution is -2.50. The van der Waals surface area contributed by atoms with Crippen LogP contribution in [0.15, 0.2) is 41.0 Å². The third-order valence-electron chi connectivity index (χ3n) is 8.59. The van der Waals surface area contributed by atoms with Gasteiger partial charge >= 0.3 is 0 Å². The number of rotatable bonds is 8. The molecule has 1 unspecified atom stereocenters. The minimum absolute atomic E-state index is 0.0101. The van der Waals surface area contributed by atoms with Crippen LogP contribution >= 0.6 is 0 Å². The summed E-state index contributed by atoms with van der Waals surface area (Å²) in [6.45, 7) is 15.7. The van der Waals surface area contributed by atoms with Gasteiger partial charge in [0.25, 0.3) is 0 Å². The summed E-state index contributed by atoms with van der Waals surface area (Å²) < 4.78 is 19.3. The number of hydrogen-bond acceptors (Lipinski definition) is 6. The van der Waals surface area contributed by atoms with Crippen LogP contribution in [0.4, 0.5) is 0 Å². The van der Waals surface area contributed by atoms with E-state index in [1.807, 2.05) is 46.8 Å². The van der Waals surface area contributed by atoms with E-state index in [1.54, 1.807) is 20.1 Å². The zero-order chi connectivity index (χ0) is 29.6. The Hall–Kier alpha value is -3.12. The van der Waals surface area contributed by atoms with Gasteiger partial charge in [-0.25, -0.2) is 0 Å². The van der Waals surface area contributed by atoms with Crippen molar-refractivity contribution in [3.63, 3.8) is 0 Å². The molecule has 1 aromatic rings. The normalized spacial score (nSPS) is 25.0. The minimum Gasteiger partial charge on any atom is -0.506 e. The summed E-state index contributed by atoms with van der Waals surface area (Å²) in [5, 5.41) is 11.5. The standard InChI is InChI=1S/C34H44O6/c1-19(2)11-10-15-34(8)16-14-23-28(36)27-29(37)25-17-22(21(5)35)18-26(33(6,7)38-9)31(25)39-32(27)24(30(23)40-34)13-12-20(3)4/h11-12,14,16-17,22,26,31,36H,10,13,15,18H2,1-9H3/t22-,26-,31?,34+/m0/s1. The van der Waals surface area contributed by atoms with Crippen LogP contribution in [0.25, 0.3) is 6.08 Å². The molecule has 4 rings (SSSR count). The third kappa shape index (κ3) is 5.56. The number of aromatic hydroxyl groups is 1. The molecule has 3 aliphatic rings. The Labute approximate surface area is 238 Å². The molecule has 6 heteroatoms. The highest BCUT2D eigenvalue weighted by atomic mass is 16.5. The highest BCUT2D eigenvalue weighted by molar-refractivity contribution is 6.15. The first-order chi connectivity index (χ1) is 18.7. The van der Waals surface area contributed by atoms with Gasteiger partial charge in [-0.1, -0.05) is 29.4 Å². The van der Waals surface area contributed by atoms with Crippen molar-refractivity contribution >= 4 is 17.6 Å². The van der Waals surface area contributed by atoms with Crippen LogP contribution in [-0.4, -0.2) is 41.1 Å². The summed E-state index contributed by atoms with van der Waals surface area (Å²) in [6, 6.07) is 0. The second kappa shape index (κ2) is 11.0. The van der Waals surface area contributed by atoms with Crippen LogP contribution in [0.3, 0.4) is 0 Å². The largest absolute Gasteiger partial charge is 0.506 e. The summed E-state index contributed by atoms with van der Waals surface area (Å²) in [5.74, 6) is -0.229. The number of methoxy groups -OCH3 is 1. The fourth-order valence-electron chi connectivity index (χ4n) is 5.88. The maximum absolute atomic E-state index is 14.2. The molecule has 0 amide bonds. The van der Waals surface area contributed by atoms with Gasteiger partial charge in [0.2, 0.25) is 0 Å². The summed E-state index contributed by atoms with van der Waals surface area (Å²) >= 11 is 0. The first-order valence-electron chi connectivity index (χ1n) is 14.2. The summed E-state index contributed by atoms with van der Waals surface area (Å²) in [6.07, 6.45) is 11.8. The number of hydrogen-bond donors (Lipinski definition) is 1. The van der Waals surface area contributed by atoms with Gasteiger partial charge in [-0.15, -0.1) is 0 Å². The number of phenols is 1. The van der Waals surface area contributed by atoms with Crippen molar-refractivity contribution < 1.29 is 28.9 Å². The van der Waals surface area contributed by atoms with E-state index in [-0.39, 0.29) is 28.8 Å². The quantitative estimate of drug-likeness (QED) is 0.343. The number of Topliss-reactive ketones (excluding diaryl/α,β-unsaturated/α-hetero) is 2. The van der Waals surface area contributed by atoms with Gasteiger partial charge < -0.3 is 19.3 Å². The fourth-order valence-corrected chi connectivity index (χ4v) is 5.88. The van der Waals surface area contributed by atoms with Gasteiger partial charge in [0, 0.05) is 30.1 Å². The third-order valence-corrected chi connectivity index (χ3v) is 8.59. The molecule has 2 aliphatic heterocycles. The Balaban J connectivity index is 1.91. The van der Waals surface area contributed by atoms with E-state index in [0.717, 1.165) is 24.0 Å². The predicted molar refractivity (Wildman–Crippen MR) is 158 cm³/mol. The smallest absolute Gasteiger partial charge is 0.199 e. The zero-order valence-electron chi connectivity index (χ0n) is 25.4. The number of benzene rings is 1. The lowest BCUT2D eigenvalue weighted by molar-refractivity contribution is -0.122. The molecular formula is C34H44O6. The second-order valence-corrected chi connectivity index (χ2v) is 12.7. The number of phenolic OH excluding ortho intramolecular Hbond substituents is 1. The SMILES string of the molecule is COC(C)(C)[C@H]1C[C@@H](C(C)=O)C=C2C(=O)c3c(O)c4c(c(CC=C(C)C)c3OC21)O[C@](C)(CCC=C(C)C)C=C4. The Morgan fingerprint density at radius 2 is 1.82 bits per heavy atom. The van der Waals surface area contributed by atoms with E-state index in [4.69, 9.17) is 14.2 Å². The number of fused-ring (bicyclic) bond motifs is 3. The van der Waals surface area contributed by atoms with Gasteiger partial charge in [0.1, 0.15) is 40.3 Å². The minimum atomic E-state index is -0.658. The highest BCUT2D eigenvalue weighted by Gasteiger charge is 2.50. The van der Waals surface area contributed by atoms with Crippen molar-refractivity contribution in [3.8, 4) is 17.2 Å². The number of carbonyl (C=O) groups is 2. The maximum Gasteiger partial charge on any atom is 0.199 e. The molecule has 1 aliphatic carbocycles. The molecule has 4 atom stereocenters. The molecule has 0 saturated carbocycles. The van der Waals surface area contributed by atoms with Gasteiger partial charge in [-0.3, -0.25) is 9.59 Å². The highest BCUT2D eigenvalue weighted by Crippen LogP contribution is 2.53. The van der Waals surface area contributed by atoms with E-state index in [9.17, 15) is 14.7 Å². The monoisotopic (exact) mass is 548 g/mol. The molecule has 6 nitrogen and oxygen atoms in total. The molecule has 0 aromatic heterocycles. The Morgan fingerprint density at radius 1 is 1.15 bits per heavy atom. The first kappa shape index (κ1) is 29.9. The van der Waals surface area contributed by atoms with Crippen molar-refractivity contribution in [2.45, 2.75) is 98.4 Å². The van der Waals surface area contributed by atoms with Gasteiger partial charge in [0.15, 0.2) is 5.78 Å². The lowest BCUT2D eigenvalue weighted by atomic mass is 9.69. The molecule has 0 spiro atoms. The van der Waals surface area contributed by atoms with Crippen molar-refractivity contribution in [2.75, 3.05) is 7.11 Å². The molecule has 0 bridgehead atoms. The van der Waals surface area contributed by atoms with Crippen molar-refractivity contribution in [2.24, 2.45) is 11.8 Å². The topological polar surface area (TPSA) is 82.1 Å². The number of carbonyl (C=O) groups excluding carboxylic acids is 2. The van der Waals surface area contributed by atoms with Crippen LogP contribution in [0, 0.1) is 11.8 Å². The fraction of sp³-hybridized carbons (Fsp3) is 0.529. The van der Waals surface area contributed by atoms with E-state index in [2.05, 4.69) is 26.0 Å². The van der Waals surface area contributed by atoms with Gasteiger partial charge in [-0.05, 0) is 93.2 Å². The van der Waals surface area contributed by atoms with Crippen LogP contribution in [0.1, 0.15) is 96.1 Å². The van der Waals surface area contributed by atoms with Crippen LogP contribution in [-0.2, 0) is 16.0 Å². The number of ketones is 2. The zero-order valence-corrected chi connectivity index (χ0v) is 25.4. The summed E-state index contributed by atoms with van der Waals surface area (Å²) in [4.78, 5) is 26.7. The summed E-state index contributed by atoms with van der Waals surface area (Å²) in [5.41, 5.74) is 2.91. The molecule has 216 valence electrons. The number of allylic oxidation sites excluding steroid dienone is 5. The molecule has 0 fully saturated rings. The number of ether oxygens (including phenoxy) is 3. The predicted octanol–water partition coefficient (Wildman–Crippen LogP) is 7.33. The average Bonchev–Trinajstić information content (AvgIpc) is 2.87. The van der Waals surface area contributed by atoms with E-state index < -0.39 is 23.2 Å². The van der Waals surface area contributed by atoms with E-state index in [1.165, 1.54) is 5.57 Å². The Kier molecular flexibility index (Phi) is 8.24. The summed E-state index contributed by atoms with van der Waals surface area (Å²) in [7, 11) is 1.64. The molecule has 1 N–H and O–H groups in total. The Bertz CT molecular complexity index is 1330. The molecule has 40 heavy (non-hydrogen) atoms. The van der Waals surface area contributed by atoms with Gasteiger partial charge in [-0.2, -0.15) is 0 Å². The molecule has 2 heterocycles. The van der Waals surface area contributed by atoms with Crippen molar-refractivity contribution in [1.29, 1.82) is 0 Å². The molecular weight excluding hydrogens is 504 g/mol. The second-order valence-electron chi connectivity index (χ2n) is 12.7. The van der Waals surface area contributed by atoms with Crippen LogP contribution in [0.2, 0.25) is 0 Å². The van der Waals surface area contributed by atoms with E-state index in [0.29, 0.717) is 35.5 Å². The van der Waals surface area contributed by atoms with Crippen molar-refractivity contribution in [1.82, 2.24) is 0 Å². The molecule has 0 saturated heterocycles. The van der Waals surface area contributed by atoms with Crippen LogP contribution in [0.5, 0.6) is 17.2 Å². The van der Waals surface area contributed by atoms with E-state index >= 15 is 0 Å². The average molecular weight is 549 g/mol. The van der Waals surface area contributed by atoms with Crippen LogP contribution < -0.4 is 9.47 Å². The Morgan fingerprint density at radius 3 is 2.42 bits per heavy atom. The molecule has 0 radical (unpaired) electrons. The lowest BCUT2D eigenvalue weighted by Gasteiger charge is -2.45.